The number of hydrogen-bond donors (Lipinski definition) is 1. The van der Waals surface area contributed by atoms with Gasteiger partial charge < -0.3 is 5.32 Å². The number of thiophene rings is 1. The minimum Gasteiger partial charge on any atom is -0.350 e. The van der Waals surface area contributed by atoms with E-state index in [2.05, 4.69) is 10.3 Å². The number of nitrogens with one attached hydrogen (secondary N) is 1. The van der Waals surface area contributed by atoms with Crippen molar-refractivity contribution in [3.63, 3.8) is 0 Å². The molecule has 1 atom stereocenters. The van der Waals surface area contributed by atoms with Crippen molar-refractivity contribution >= 4 is 39.2 Å². The fourth-order valence-electron chi connectivity index (χ4n) is 2.20. The Kier molecular flexibility index (Phi) is 5.44. The lowest BCUT2D eigenvalue weighted by Crippen LogP contribution is -2.46. The van der Waals surface area contributed by atoms with Gasteiger partial charge in [0.1, 0.15) is 4.83 Å². The molecular weight excluding hydrogens is 342 g/mol. The first-order chi connectivity index (χ1) is 11.1. The third kappa shape index (κ3) is 3.67. The summed E-state index contributed by atoms with van der Waals surface area (Å²) >= 11 is 2.85. The van der Waals surface area contributed by atoms with Crippen molar-refractivity contribution in [2.75, 3.05) is 0 Å². The highest BCUT2D eigenvalue weighted by atomic mass is 32.2. The zero-order valence-corrected chi connectivity index (χ0v) is 16.9. The van der Waals surface area contributed by atoms with Gasteiger partial charge in [0, 0.05) is 17.5 Å². The van der Waals surface area contributed by atoms with Gasteiger partial charge in [-0.2, -0.15) is 0 Å². The number of nitrogens with zero attached hydrogens (tertiary/aromatic N) is 2. The molecule has 0 aliphatic rings. The number of hydrogen-bond acceptors (Lipinski definition) is 5. The van der Waals surface area contributed by atoms with Crippen LogP contribution in [0.25, 0.3) is 10.2 Å². The summed E-state index contributed by atoms with van der Waals surface area (Å²) in [4.78, 5) is 31.5. The summed E-state index contributed by atoms with van der Waals surface area (Å²) in [6.45, 7) is 11.8. The van der Waals surface area contributed by atoms with Crippen LogP contribution in [0.1, 0.15) is 44.6 Å². The van der Waals surface area contributed by atoms with E-state index in [0.29, 0.717) is 10.5 Å². The maximum atomic E-state index is 12.6. The van der Waals surface area contributed by atoms with Crippen LogP contribution in [-0.4, -0.2) is 26.2 Å². The van der Waals surface area contributed by atoms with Crippen LogP contribution in [0.3, 0.4) is 0 Å². The van der Waals surface area contributed by atoms with Crippen molar-refractivity contribution in [3.8, 4) is 0 Å². The molecule has 132 valence electrons. The zero-order chi connectivity index (χ0) is 18.2. The second-order valence-corrected chi connectivity index (χ2v) is 9.22. The fourth-order valence-corrected chi connectivity index (χ4v) is 4.14. The van der Waals surface area contributed by atoms with Gasteiger partial charge in [-0.3, -0.25) is 14.2 Å². The van der Waals surface area contributed by atoms with Gasteiger partial charge >= 0.3 is 0 Å². The first kappa shape index (κ1) is 19.0. The van der Waals surface area contributed by atoms with Gasteiger partial charge in [-0.25, -0.2) is 4.98 Å². The molecule has 5 nitrogen and oxygen atoms in total. The Morgan fingerprint density at radius 2 is 2.04 bits per heavy atom. The Bertz CT molecular complexity index is 836. The molecule has 24 heavy (non-hydrogen) atoms. The molecule has 7 heteroatoms. The maximum Gasteiger partial charge on any atom is 0.262 e. The number of fused-ring (bicyclic) bond motifs is 1. The van der Waals surface area contributed by atoms with Crippen molar-refractivity contribution in [3.05, 3.63) is 20.8 Å². The summed E-state index contributed by atoms with van der Waals surface area (Å²) in [5.74, 6) is -0.0419. The molecule has 0 saturated carbocycles. The van der Waals surface area contributed by atoms with Crippen LogP contribution in [0, 0.1) is 13.8 Å². The molecule has 1 N–H and O–H groups in total. The number of carbonyl (C=O) groups is 1. The van der Waals surface area contributed by atoms with Crippen LogP contribution in [-0.2, 0) is 11.8 Å². The lowest BCUT2D eigenvalue weighted by atomic mass is 10.0. The van der Waals surface area contributed by atoms with Gasteiger partial charge in [0.15, 0.2) is 5.16 Å². The molecule has 0 aliphatic carbocycles. The smallest absolute Gasteiger partial charge is 0.262 e. The van der Waals surface area contributed by atoms with Gasteiger partial charge in [0.25, 0.3) is 5.56 Å². The number of amides is 1. The van der Waals surface area contributed by atoms with Crippen molar-refractivity contribution in [1.82, 2.24) is 14.9 Å². The molecule has 0 bridgehead atoms. The SMILES string of the molecule is CCC(C)(C)NC(=O)C(C)Sc1nc2sc(C)c(C)c2c(=O)n1C. The van der Waals surface area contributed by atoms with Gasteiger partial charge in [-0.05, 0) is 46.6 Å². The van der Waals surface area contributed by atoms with Crippen LogP contribution in [0.2, 0.25) is 0 Å². The molecule has 1 amide bonds. The van der Waals surface area contributed by atoms with E-state index in [0.717, 1.165) is 21.7 Å². The van der Waals surface area contributed by atoms with Crippen LogP contribution in [0.15, 0.2) is 9.95 Å². The van der Waals surface area contributed by atoms with Crippen LogP contribution in [0.4, 0.5) is 0 Å². The molecule has 0 aromatic carbocycles. The van der Waals surface area contributed by atoms with Crippen molar-refractivity contribution in [1.29, 1.82) is 0 Å². The Labute approximate surface area is 150 Å². The van der Waals surface area contributed by atoms with Crippen molar-refractivity contribution in [2.24, 2.45) is 7.05 Å². The highest BCUT2D eigenvalue weighted by molar-refractivity contribution is 8.00. The lowest BCUT2D eigenvalue weighted by molar-refractivity contribution is -0.121. The van der Waals surface area contributed by atoms with Crippen molar-refractivity contribution < 1.29 is 4.79 Å². The second kappa shape index (κ2) is 6.88. The lowest BCUT2D eigenvalue weighted by Gasteiger charge is -2.26. The van der Waals surface area contributed by atoms with E-state index in [-0.39, 0.29) is 22.3 Å². The molecule has 0 aliphatic heterocycles. The topological polar surface area (TPSA) is 64.0 Å². The first-order valence-electron chi connectivity index (χ1n) is 8.02. The van der Waals surface area contributed by atoms with E-state index in [9.17, 15) is 9.59 Å². The average Bonchev–Trinajstić information content (AvgIpc) is 2.78. The van der Waals surface area contributed by atoms with Crippen LogP contribution < -0.4 is 10.9 Å². The van der Waals surface area contributed by atoms with Crippen LogP contribution >= 0.6 is 23.1 Å². The molecule has 2 rings (SSSR count). The van der Waals surface area contributed by atoms with E-state index < -0.39 is 0 Å². The minimum absolute atomic E-state index is 0.0419. The number of rotatable bonds is 5. The molecule has 2 heterocycles. The summed E-state index contributed by atoms with van der Waals surface area (Å²) in [6.07, 6.45) is 0.854. The molecule has 0 fully saturated rings. The summed E-state index contributed by atoms with van der Waals surface area (Å²) in [5.41, 5.74) is 0.706. The predicted molar refractivity (Wildman–Crippen MR) is 102 cm³/mol. The number of aromatic nitrogens is 2. The number of aryl methyl sites for hydroxylation is 2. The van der Waals surface area contributed by atoms with E-state index in [4.69, 9.17) is 0 Å². The first-order valence-corrected chi connectivity index (χ1v) is 9.72. The second-order valence-electron chi connectivity index (χ2n) is 6.71. The standard InChI is InChI=1S/C17H25N3O2S2/c1-8-17(5,6)19-13(21)11(4)24-16-18-14-12(15(22)20(16)7)9(2)10(3)23-14/h11H,8H2,1-7H3,(H,19,21). The van der Waals surface area contributed by atoms with Gasteiger partial charge in [0.05, 0.1) is 10.6 Å². The summed E-state index contributed by atoms with van der Waals surface area (Å²) in [7, 11) is 1.71. The van der Waals surface area contributed by atoms with E-state index in [1.54, 1.807) is 11.6 Å². The summed E-state index contributed by atoms with van der Waals surface area (Å²) in [6, 6.07) is 0. The molecule has 2 aromatic heterocycles. The highest BCUT2D eigenvalue weighted by Gasteiger charge is 2.24. The van der Waals surface area contributed by atoms with Crippen molar-refractivity contribution in [2.45, 2.75) is 63.9 Å². The molecular formula is C17H25N3O2S2. The van der Waals surface area contributed by atoms with Crippen LogP contribution in [0.5, 0.6) is 0 Å². The Balaban J connectivity index is 2.32. The monoisotopic (exact) mass is 367 g/mol. The number of carbonyl (C=O) groups excluding carboxylic acids is 1. The van der Waals surface area contributed by atoms with E-state index in [1.165, 1.54) is 23.1 Å². The van der Waals surface area contributed by atoms with Gasteiger partial charge in [-0.1, -0.05) is 18.7 Å². The Morgan fingerprint density at radius 3 is 2.62 bits per heavy atom. The summed E-state index contributed by atoms with van der Waals surface area (Å²) in [5, 5.41) is 3.98. The summed E-state index contributed by atoms with van der Waals surface area (Å²) < 4.78 is 1.54. The molecule has 0 spiro atoms. The van der Waals surface area contributed by atoms with E-state index >= 15 is 0 Å². The van der Waals surface area contributed by atoms with Gasteiger partial charge in [-0.15, -0.1) is 11.3 Å². The maximum absolute atomic E-state index is 12.6. The number of thioether (sulfide) groups is 1. The fraction of sp³-hybridized carbons (Fsp3) is 0.588. The molecule has 0 radical (unpaired) electrons. The predicted octanol–water partition coefficient (Wildman–Crippen LogP) is 3.40. The molecule has 1 unspecified atom stereocenters. The average molecular weight is 368 g/mol. The van der Waals surface area contributed by atoms with Gasteiger partial charge in [0.2, 0.25) is 5.91 Å². The third-order valence-corrected chi connectivity index (χ3v) is 6.61. The highest BCUT2D eigenvalue weighted by Crippen LogP contribution is 2.29. The van der Waals surface area contributed by atoms with E-state index in [1.807, 2.05) is 41.5 Å². The quantitative estimate of drug-likeness (QED) is 0.650. The third-order valence-electron chi connectivity index (χ3n) is 4.37. The Hall–Kier alpha value is -1.34. The minimum atomic E-state index is -0.325. The normalized spacial score (nSPS) is 13.3. The molecule has 0 saturated heterocycles. The molecule has 2 aromatic rings. The largest absolute Gasteiger partial charge is 0.350 e. The Morgan fingerprint density at radius 1 is 1.42 bits per heavy atom. The zero-order valence-electron chi connectivity index (χ0n) is 15.3.